The number of phenolic OH excluding ortho intramolecular Hbond substituents is 2. The van der Waals surface area contributed by atoms with Gasteiger partial charge in [-0.05, 0) is 24.3 Å². The van der Waals surface area contributed by atoms with Crippen LogP contribution in [0.5, 0.6) is 34.5 Å². The third kappa shape index (κ3) is 3.27. The normalized spacial score (nSPS) is 14.3. The molecule has 2 aliphatic heterocycles. The summed E-state index contributed by atoms with van der Waals surface area (Å²) in [5.41, 5.74) is -1.75. The molecule has 9 nitrogen and oxygen atoms in total. The number of hydrogen-bond donors (Lipinski definition) is 2. The van der Waals surface area contributed by atoms with Crippen molar-refractivity contribution in [3.05, 3.63) is 68.7 Å². The van der Waals surface area contributed by atoms with E-state index in [1.165, 1.54) is 50.2 Å². The lowest BCUT2D eigenvalue weighted by Gasteiger charge is -2.36. The molecule has 2 aliphatic rings. The second-order valence-electron chi connectivity index (χ2n) is 7.75. The Balaban J connectivity index is 1.86. The molecule has 0 fully saturated rings. The molecule has 5 rings (SSSR count). The maximum Gasteiger partial charge on any atom is 0.341 e. The number of phenols is 2. The molecule has 0 saturated heterocycles. The maximum atomic E-state index is 13.1. The highest BCUT2D eigenvalue weighted by atomic mass is 35.5. The Labute approximate surface area is 207 Å². The third-order valence-electron chi connectivity index (χ3n) is 5.54. The number of halogens is 2. The van der Waals surface area contributed by atoms with Crippen LogP contribution in [0, 0.1) is 0 Å². The maximum absolute atomic E-state index is 13.1. The predicted molar refractivity (Wildman–Crippen MR) is 121 cm³/mol. The van der Waals surface area contributed by atoms with Gasteiger partial charge in [-0.15, -0.1) is 0 Å². The van der Waals surface area contributed by atoms with Gasteiger partial charge in [-0.25, -0.2) is 4.79 Å². The van der Waals surface area contributed by atoms with Gasteiger partial charge < -0.3 is 29.2 Å². The van der Waals surface area contributed by atoms with E-state index in [1.807, 2.05) is 0 Å². The highest BCUT2D eigenvalue weighted by Gasteiger charge is 2.57. The molecule has 3 aromatic carbocycles. The second-order valence-corrected chi connectivity index (χ2v) is 8.51. The summed E-state index contributed by atoms with van der Waals surface area (Å²) in [6.07, 6.45) is 0. The van der Waals surface area contributed by atoms with Crippen LogP contribution in [0.1, 0.15) is 40.9 Å². The van der Waals surface area contributed by atoms with Gasteiger partial charge in [0.2, 0.25) is 0 Å². The molecular weight excluding hydrogens is 503 g/mol. The first kappa shape index (κ1) is 22.8. The fraction of sp³-hybridized carbons (Fsp3) is 0.125. The minimum atomic E-state index is -1.84. The fourth-order valence-corrected chi connectivity index (χ4v) is 4.74. The van der Waals surface area contributed by atoms with Gasteiger partial charge in [0.05, 0.1) is 16.1 Å². The van der Waals surface area contributed by atoms with Crippen LogP contribution in [-0.4, -0.2) is 28.1 Å². The van der Waals surface area contributed by atoms with Crippen LogP contribution in [0.4, 0.5) is 0 Å². The quantitative estimate of drug-likeness (QED) is 0.279. The molecule has 0 amide bonds. The van der Waals surface area contributed by atoms with Crippen LogP contribution >= 0.6 is 23.2 Å². The lowest BCUT2D eigenvalue weighted by atomic mass is 9.77. The van der Waals surface area contributed by atoms with Gasteiger partial charge in [0, 0.05) is 37.1 Å². The molecule has 35 heavy (non-hydrogen) atoms. The number of aromatic hydroxyl groups is 2. The van der Waals surface area contributed by atoms with Crippen molar-refractivity contribution in [3.8, 4) is 34.5 Å². The number of carbonyl (C=O) groups excluding carboxylic acids is 3. The highest BCUT2D eigenvalue weighted by Crippen LogP contribution is 2.62. The van der Waals surface area contributed by atoms with Crippen molar-refractivity contribution in [2.45, 2.75) is 19.4 Å². The van der Waals surface area contributed by atoms with E-state index < -0.39 is 40.0 Å². The molecule has 3 aromatic rings. The first-order chi connectivity index (χ1) is 16.5. The predicted octanol–water partition coefficient (Wildman–Crippen LogP) is 4.82. The van der Waals surface area contributed by atoms with Crippen LogP contribution < -0.4 is 14.2 Å². The van der Waals surface area contributed by atoms with Gasteiger partial charge in [0.15, 0.2) is 17.1 Å². The molecule has 0 radical (unpaired) electrons. The molecular formula is C24H14Cl2O9. The Morgan fingerprint density at radius 2 is 1.37 bits per heavy atom. The molecule has 0 bridgehead atoms. The number of carbonyl (C=O) groups is 3. The van der Waals surface area contributed by atoms with Gasteiger partial charge >= 0.3 is 17.9 Å². The smallest absolute Gasteiger partial charge is 0.341 e. The average molecular weight is 517 g/mol. The van der Waals surface area contributed by atoms with Crippen LogP contribution in [0.15, 0.2) is 36.4 Å². The lowest BCUT2D eigenvalue weighted by molar-refractivity contribution is -0.132. The molecule has 2 N–H and O–H groups in total. The largest absolute Gasteiger partial charge is 0.504 e. The van der Waals surface area contributed by atoms with E-state index in [-0.39, 0.29) is 50.3 Å². The molecule has 1 spiro atoms. The molecule has 178 valence electrons. The van der Waals surface area contributed by atoms with Crippen molar-refractivity contribution in [3.63, 3.8) is 0 Å². The number of rotatable bonds is 2. The van der Waals surface area contributed by atoms with Gasteiger partial charge in [0.1, 0.15) is 28.0 Å². The molecule has 11 heteroatoms. The van der Waals surface area contributed by atoms with Gasteiger partial charge in [-0.1, -0.05) is 23.2 Å². The topological polar surface area (TPSA) is 129 Å². The first-order valence-electron chi connectivity index (χ1n) is 10.0. The van der Waals surface area contributed by atoms with Crippen molar-refractivity contribution in [1.82, 2.24) is 0 Å². The molecule has 0 aliphatic carbocycles. The minimum absolute atomic E-state index is 0.0989. The van der Waals surface area contributed by atoms with Gasteiger partial charge in [0.25, 0.3) is 0 Å². The van der Waals surface area contributed by atoms with Gasteiger partial charge in [-0.2, -0.15) is 0 Å². The van der Waals surface area contributed by atoms with Crippen molar-refractivity contribution >= 4 is 41.1 Å². The van der Waals surface area contributed by atoms with Crippen molar-refractivity contribution in [2.75, 3.05) is 0 Å². The van der Waals surface area contributed by atoms with Crippen molar-refractivity contribution in [1.29, 1.82) is 0 Å². The SMILES string of the molecule is CC(=O)Oc1ccc2c(c1)Oc1cc(OC(C)=O)ccc1C21OC(=O)c2c(Cl)c(Cl)c(O)c(O)c21. The third-order valence-corrected chi connectivity index (χ3v) is 6.38. The Bertz CT molecular complexity index is 1410. The van der Waals surface area contributed by atoms with E-state index in [0.717, 1.165) is 0 Å². The molecule has 2 heterocycles. The summed E-state index contributed by atoms with van der Waals surface area (Å²) in [4.78, 5) is 36.0. The summed E-state index contributed by atoms with van der Waals surface area (Å²) in [7, 11) is 0. The second kappa shape index (κ2) is 7.79. The van der Waals surface area contributed by atoms with Crippen LogP contribution in [0.3, 0.4) is 0 Å². The van der Waals surface area contributed by atoms with Crippen molar-refractivity contribution < 1.29 is 43.5 Å². The zero-order valence-electron chi connectivity index (χ0n) is 18.0. The standard InChI is InChI=1S/C24H14Cl2O9/c1-9(27)32-11-3-5-13-15(7-11)34-16-8-12(33-10(2)28)4-6-14(16)24(13)18-17(23(31)35-24)19(25)20(26)22(30)21(18)29/h3-8,29-30H,1-2H3. The number of ether oxygens (including phenoxy) is 4. The van der Waals surface area contributed by atoms with E-state index in [0.29, 0.717) is 0 Å². The number of hydrogen-bond acceptors (Lipinski definition) is 9. The number of esters is 3. The summed E-state index contributed by atoms with van der Waals surface area (Å²) in [5.74, 6) is -3.04. The summed E-state index contributed by atoms with van der Waals surface area (Å²) < 4.78 is 22.2. The van der Waals surface area contributed by atoms with Crippen LogP contribution in [0.25, 0.3) is 0 Å². The molecule has 0 atom stereocenters. The minimum Gasteiger partial charge on any atom is -0.504 e. The first-order valence-corrected chi connectivity index (χ1v) is 10.8. The Morgan fingerprint density at radius 3 is 1.86 bits per heavy atom. The Morgan fingerprint density at radius 1 is 0.857 bits per heavy atom. The zero-order chi connectivity index (χ0) is 25.2. The molecule has 0 saturated carbocycles. The summed E-state index contributed by atoms with van der Waals surface area (Å²) in [5, 5.41) is 20.7. The Kier molecular flexibility index (Phi) is 5.08. The number of benzene rings is 3. The van der Waals surface area contributed by atoms with E-state index in [1.54, 1.807) is 0 Å². The number of fused-ring (bicyclic) bond motifs is 6. The van der Waals surface area contributed by atoms with E-state index >= 15 is 0 Å². The Hall–Kier alpha value is -3.95. The van der Waals surface area contributed by atoms with Crippen LogP contribution in [-0.2, 0) is 19.9 Å². The van der Waals surface area contributed by atoms with E-state index in [4.69, 9.17) is 42.1 Å². The zero-order valence-corrected chi connectivity index (χ0v) is 19.5. The monoisotopic (exact) mass is 516 g/mol. The van der Waals surface area contributed by atoms with Crippen molar-refractivity contribution in [2.24, 2.45) is 0 Å². The fourth-order valence-electron chi connectivity index (χ4n) is 4.30. The summed E-state index contributed by atoms with van der Waals surface area (Å²) in [6.45, 7) is 2.45. The average Bonchev–Trinajstić information content (AvgIpc) is 3.08. The highest BCUT2D eigenvalue weighted by molar-refractivity contribution is 6.45. The van der Waals surface area contributed by atoms with E-state index in [2.05, 4.69) is 0 Å². The van der Waals surface area contributed by atoms with Crippen LogP contribution in [0.2, 0.25) is 10.0 Å². The molecule has 0 unspecified atom stereocenters. The summed E-state index contributed by atoms with van der Waals surface area (Å²) >= 11 is 12.3. The van der Waals surface area contributed by atoms with Gasteiger partial charge in [-0.3, -0.25) is 9.59 Å². The lowest BCUT2D eigenvalue weighted by Crippen LogP contribution is -2.33. The molecule has 0 aromatic heterocycles. The summed E-state index contributed by atoms with van der Waals surface area (Å²) in [6, 6.07) is 8.64. The van der Waals surface area contributed by atoms with E-state index in [9.17, 15) is 24.6 Å².